The maximum atomic E-state index is 12.9. The highest BCUT2D eigenvalue weighted by molar-refractivity contribution is 8.00. The lowest BCUT2D eigenvalue weighted by Gasteiger charge is -2.22. The van der Waals surface area contributed by atoms with Crippen molar-refractivity contribution in [1.82, 2.24) is 4.98 Å². The Bertz CT molecular complexity index is 1490. The Balaban J connectivity index is 1.26. The molecule has 184 valence electrons. The molecule has 5 rings (SSSR count). The van der Waals surface area contributed by atoms with Crippen LogP contribution in [0.25, 0.3) is 0 Å². The van der Waals surface area contributed by atoms with Gasteiger partial charge < -0.3 is 5.32 Å². The van der Waals surface area contributed by atoms with Crippen LogP contribution in [0.5, 0.6) is 0 Å². The predicted molar refractivity (Wildman–Crippen MR) is 153 cm³/mol. The predicted octanol–water partition coefficient (Wildman–Crippen LogP) is 7.42. The minimum Gasteiger partial charge on any atom is -0.316 e. The minimum absolute atomic E-state index is 0.145. The summed E-state index contributed by atoms with van der Waals surface area (Å²) in [6.45, 7) is 0. The number of rotatable bonds is 7. The molecule has 1 atom stereocenters. The summed E-state index contributed by atoms with van der Waals surface area (Å²) in [5.74, 6) is 0.460. The molecule has 0 aliphatic heterocycles. The molecule has 1 N–H and O–H groups in total. The summed E-state index contributed by atoms with van der Waals surface area (Å²) in [4.78, 5) is 23.6. The number of para-hydroxylation sites is 1. The summed E-state index contributed by atoms with van der Waals surface area (Å²) >= 11 is 9.07. The van der Waals surface area contributed by atoms with Gasteiger partial charge in [0.15, 0.2) is 0 Å². The van der Waals surface area contributed by atoms with Crippen LogP contribution in [0.4, 0.5) is 10.7 Å². The molecule has 0 spiro atoms. The van der Waals surface area contributed by atoms with Gasteiger partial charge in [0.2, 0.25) is 5.91 Å². The summed E-state index contributed by atoms with van der Waals surface area (Å²) < 4.78 is 0. The number of thiophene rings is 1. The number of aromatic nitrogens is 1. The second-order valence-corrected chi connectivity index (χ2v) is 11.1. The molecule has 2 aromatic carbocycles. The molecule has 1 aliphatic rings. The van der Waals surface area contributed by atoms with Crippen LogP contribution < -0.4 is 5.32 Å². The van der Waals surface area contributed by atoms with E-state index in [2.05, 4.69) is 45.6 Å². The molecule has 0 bridgehead atoms. The second-order valence-electron chi connectivity index (χ2n) is 8.62. The summed E-state index contributed by atoms with van der Waals surface area (Å²) in [7, 11) is 0. The Morgan fingerprint density at radius 1 is 1.19 bits per heavy atom. The lowest BCUT2D eigenvalue weighted by Crippen LogP contribution is -2.14. The van der Waals surface area contributed by atoms with Crippen LogP contribution in [0.15, 0.2) is 82.8 Å². The number of hydrogen-bond acceptors (Lipinski definition) is 6. The van der Waals surface area contributed by atoms with E-state index in [-0.39, 0.29) is 11.7 Å². The number of hydrogen-bond donors (Lipinski definition) is 1. The first-order valence-electron chi connectivity index (χ1n) is 11.9. The number of pyridine rings is 1. The van der Waals surface area contributed by atoms with Gasteiger partial charge in [0.25, 0.3) is 0 Å². The topological polar surface area (TPSA) is 78.1 Å². The number of aliphatic imine (C=N–C) groups is 1. The van der Waals surface area contributed by atoms with Gasteiger partial charge in [-0.2, -0.15) is 5.26 Å². The second kappa shape index (κ2) is 11.7. The molecule has 2 aromatic heterocycles. The quantitative estimate of drug-likeness (QED) is 0.150. The lowest BCUT2D eigenvalue weighted by molar-refractivity contribution is -0.113. The van der Waals surface area contributed by atoms with Crippen molar-refractivity contribution < 1.29 is 4.79 Å². The number of fused-ring (bicyclic) bond motifs is 1. The lowest BCUT2D eigenvalue weighted by atomic mass is 9.82. The Kier molecular flexibility index (Phi) is 8.00. The fourth-order valence-corrected chi connectivity index (χ4v) is 6.61. The van der Waals surface area contributed by atoms with E-state index in [1.54, 1.807) is 18.5 Å². The van der Waals surface area contributed by atoms with E-state index in [0.717, 1.165) is 41.0 Å². The van der Waals surface area contributed by atoms with Crippen LogP contribution in [-0.4, -0.2) is 22.9 Å². The van der Waals surface area contributed by atoms with Crippen molar-refractivity contribution in [2.75, 3.05) is 11.1 Å². The standard InChI is InChI=1S/C29H23ClN4OS2/c30-28-21(9-6-14-32-28)17-33-24-10-4-5-11-26(24)36-18-27(35)34-29-23(16-31)22-15-20(12-13-25(22)37-29)19-7-2-1-3-8-19/h1-11,14,17,20H,12-13,15,18H2,(H,34,35)/t20-/m1/s1. The smallest absolute Gasteiger partial charge is 0.235 e. The van der Waals surface area contributed by atoms with E-state index < -0.39 is 0 Å². The molecule has 37 heavy (non-hydrogen) atoms. The number of anilines is 1. The van der Waals surface area contributed by atoms with Gasteiger partial charge in [0, 0.05) is 27.7 Å². The van der Waals surface area contributed by atoms with Gasteiger partial charge in [-0.25, -0.2) is 4.98 Å². The number of thioether (sulfide) groups is 1. The maximum absolute atomic E-state index is 12.9. The van der Waals surface area contributed by atoms with Crippen molar-refractivity contribution in [3.63, 3.8) is 0 Å². The molecule has 0 saturated heterocycles. The largest absolute Gasteiger partial charge is 0.316 e. The fraction of sp³-hybridized carbons (Fsp3) is 0.172. The fourth-order valence-electron chi connectivity index (χ4n) is 4.43. The van der Waals surface area contributed by atoms with E-state index in [9.17, 15) is 10.1 Å². The first-order valence-corrected chi connectivity index (χ1v) is 14.1. The van der Waals surface area contributed by atoms with E-state index in [4.69, 9.17) is 11.6 Å². The van der Waals surface area contributed by atoms with Crippen LogP contribution in [-0.2, 0) is 17.6 Å². The number of aryl methyl sites for hydroxylation is 1. The molecule has 4 aromatic rings. The molecular formula is C29H23ClN4OS2. The Labute approximate surface area is 229 Å². The van der Waals surface area contributed by atoms with E-state index in [1.807, 2.05) is 36.4 Å². The van der Waals surface area contributed by atoms with Crippen molar-refractivity contribution in [2.24, 2.45) is 4.99 Å². The number of benzene rings is 2. The van der Waals surface area contributed by atoms with Gasteiger partial charge >= 0.3 is 0 Å². The first kappa shape index (κ1) is 25.2. The minimum atomic E-state index is -0.145. The molecule has 0 fully saturated rings. The Morgan fingerprint density at radius 3 is 2.81 bits per heavy atom. The highest BCUT2D eigenvalue weighted by atomic mass is 35.5. The van der Waals surface area contributed by atoms with Gasteiger partial charge in [-0.05, 0) is 60.6 Å². The van der Waals surface area contributed by atoms with Crippen molar-refractivity contribution in [3.8, 4) is 6.07 Å². The van der Waals surface area contributed by atoms with Crippen LogP contribution in [0.3, 0.4) is 0 Å². The van der Waals surface area contributed by atoms with Gasteiger partial charge in [-0.3, -0.25) is 9.79 Å². The zero-order chi connectivity index (χ0) is 25.6. The van der Waals surface area contributed by atoms with Crippen molar-refractivity contribution >= 4 is 57.5 Å². The summed E-state index contributed by atoms with van der Waals surface area (Å²) in [6.07, 6.45) is 6.10. The van der Waals surface area contributed by atoms with Gasteiger partial charge in [0.1, 0.15) is 16.2 Å². The number of nitrogens with zero attached hydrogens (tertiary/aromatic N) is 3. The molecule has 1 amide bonds. The van der Waals surface area contributed by atoms with E-state index in [1.165, 1.54) is 33.5 Å². The summed E-state index contributed by atoms with van der Waals surface area (Å²) in [5, 5.41) is 14.0. The van der Waals surface area contributed by atoms with Gasteiger partial charge in [0.05, 0.1) is 17.0 Å². The number of halogens is 1. The number of nitriles is 1. The van der Waals surface area contributed by atoms with Crippen molar-refractivity contribution in [1.29, 1.82) is 5.26 Å². The highest BCUT2D eigenvalue weighted by Crippen LogP contribution is 2.42. The third-order valence-electron chi connectivity index (χ3n) is 6.25. The SMILES string of the molecule is N#Cc1c(NC(=O)CSc2ccccc2N=Cc2cccnc2Cl)sc2c1C[C@H](c1ccccc1)CC2. The van der Waals surface area contributed by atoms with Crippen molar-refractivity contribution in [3.05, 3.63) is 105 Å². The molecule has 1 aliphatic carbocycles. The number of amides is 1. The average Bonchev–Trinajstić information content (AvgIpc) is 3.28. The van der Waals surface area contributed by atoms with Crippen LogP contribution in [0.2, 0.25) is 5.15 Å². The zero-order valence-corrected chi connectivity index (χ0v) is 22.2. The summed E-state index contributed by atoms with van der Waals surface area (Å²) in [5.41, 5.74) is 4.47. The first-order chi connectivity index (χ1) is 18.1. The van der Waals surface area contributed by atoms with Gasteiger partial charge in [-0.1, -0.05) is 54.1 Å². The van der Waals surface area contributed by atoms with Gasteiger partial charge in [-0.15, -0.1) is 23.1 Å². The van der Waals surface area contributed by atoms with Crippen LogP contribution >= 0.6 is 34.7 Å². The number of carbonyl (C=O) groups excluding carboxylic acids is 1. The number of nitrogens with one attached hydrogen (secondary N) is 1. The van der Waals surface area contributed by atoms with E-state index in [0.29, 0.717) is 21.6 Å². The molecule has 8 heteroatoms. The Hall–Kier alpha value is -3.44. The molecule has 0 saturated carbocycles. The molecular weight excluding hydrogens is 520 g/mol. The normalized spacial score (nSPS) is 14.8. The monoisotopic (exact) mass is 542 g/mol. The maximum Gasteiger partial charge on any atom is 0.235 e. The average molecular weight is 543 g/mol. The third-order valence-corrected chi connectivity index (χ3v) is 8.84. The van der Waals surface area contributed by atoms with E-state index >= 15 is 0 Å². The Morgan fingerprint density at radius 2 is 2.00 bits per heavy atom. The molecule has 0 radical (unpaired) electrons. The molecule has 0 unspecified atom stereocenters. The number of carbonyl (C=O) groups is 1. The third kappa shape index (κ3) is 5.94. The highest BCUT2D eigenvalue weighted by Gasteiger charge is 2.27. The zero-order valence-electron chi connectivity index (χ0n) is 19.9. The summed E-state index contributed by atoms with van der Waals surface area (Å²) in [6, 6.07) is 24.1. The van der Waals surface area contributed by atoms with Crippen LogP contribution in [0, 0.1) is 11.3 Å². The molecule has 5 nitrogen and oxygen atoms in total. The van der Waals surface area contributed by atoms with Crippen LogP contribution in [0.1, 0.15) is 39.5 Å². The molecule has 2 heterocycles. The van der Waals surface area contributed by atoms with Crippen molar-refractivity contribution in [2.45, 2.75) is 30.1 Å².